The average Bonchev–Trinajstić information content (AvgIpc) is 3.03. The standard InChI is InChI=1S/C16H21N7O/c1-10-6-11(2)20-16(19-10)22-14-9-18-8-12(21-14)13-4-3-5-23(13)15(24)7-17/h6,8-9,13H,3-5,7,17H2,1-2H3,(H,19,20,21,22)/t13-/m0/s1. The minimum absolute atomic E-state index is 0.0122. The van der Waals surface area contributed by atoms with E-state index < -0.39 is 0 Å². The van der Waals surface area contributed by atoms with E-state index in [9.17, 15) is 4.79 Å². The molecule has 1 aliphatic heterocycles. The van der Waals surface area contributed by atoms with Crippen LogP contribution in [0.3, 0.4) is 0 Å². The third-order valence-corrected chi connectivity index (χ3v) is 3.96. The van der Waals surface area contributed by atoms with Crippen molar-refractivity contribution in [3.8, 4) is 0 Å². The Hall–Kier alpha value is -2.61. The molecule has 1 aliphatic rings. The van der Waals surface area contributed by atoms with Gasteiger partial charge in [0.15, 0.2) is 5.82 Å². The molecule has 126 valence electrons. The number of likely N-dealkylation sites (tertiary alicyclic amines) is 1. The van der Waals surface area contributed by atoms with Crippen LogP contribution in [0.5, 0.6) is 0 Å². The lowest BCUT2D eigenvalue weighted by Crippen LogP contribution is -2.35. The zero-order chi connectivity index (χ0) is 17.1. The van der Waals surface area contributed by atoms with Crippen LogP contribution in [0.4, 0.5) is 11.8 Å². The van der Waals surface area contributed by atoms with E-state index in [0.717, 1.165) is 29.9 Å². The number of carbonyl (C=O) groups excluding carboxylic acids is 1. The highest BCUT2D eigenvalue weighted by atomic mass is 16.2. The number of aromatic nitrogens is 4. The molecule has 24 heavy (non-hydrogen) atoms. The molecule has 1 amide bonds. The van der Waals surface area contributed by atoms with Gasteiger partial charge in [-0.25, -0.2) is 15.0 Å². The Morgan fingerprint density at radius 1 is 1.29 bits per heavy atom. The van der Waals surface area contributed by atoms with Gasteiger partial charge in [-0.2, -0.15) is 0 Å². The quantitative estimate of drug-likeness (QED) is 0.869. The maximum absolute atomic E-state index is 12.0. The number of carbonyl (C=O) groups is 1. The number of hydrogen-bond donors (Lipinski definition) is 2. The normalized spacial score (nSPS) is 17.1. The second kappa shape index (κ2) is 6.88. The number of hydrogen-bond acceptors (Lipinski definition) is 7. The maximum Gasteiger partial charge on any atom is 0.236 e. The fourth-order valence-electron chi connectivity index (χ4n) is 2.99. The summed E-state index contributed by atoms with van der Waals surface area (Å²) >= 11 is 0. The van der Waals surface area contributed by atoms with Gasteiger partial charge < -0.3 is 16.0 Å². The molecular formula is C16H21N7O. The van der Waals surface area contributed by atoms with E-state index in [1.807, 2.05) is 19.9 Å². The van der Waals surface area contributed by atoms with Crippen LogP contribution in [-0.4, -0.2) is 43.8 Å². The molecule has 8 heteroatoms. The number of nitrogens with zero attached hydrogens (tertiary/aromatic N) is 5. The fourth-order valence-corrected chi connectivity index (χ4v) is 2.99. The van der Waals surface area contributed by atoms with E-state index >= 15 is 0 Å². The molecule has 3 N–H and O–H groups in total. The Bertz CT molecular complexity index is 729. The molecule has 3 heterocycles. The van der Waals surface area contributed by atoms with Gasteiger partial charge in [-0.05, 0) is 32.8 Å². The van der Waals surface area contributed by atoms with Crippen LogP contribution in [0.15, 0.2) is 18.5 Å². The number of rotatable bonds is 4. The molecule has 8 nitrogen and oxygen atoms in total. The summed E-state index contributed by atoms with van der Waals surface area (Å²) < 4.78 is 0. The lowest BCUT2D eigenvalue weighted by Gasteiger charge is -2.23. The predicted molar refractivity (Wildman–Crippen MR) is 89.6 cm³/mol. The van der Waals surface area contributed by atoms with E-state index in [4.69, 9.17) is 5.73 Å². The van der Waals surface area contributed by atoms with Crippen LogP contribution < -0.4 is 11.1 Å². The van der Waals surface area contributed by atoms with Gasteiger partial charge in [0.1, 0.15) is 0 Å². The van der Waals surface area contributed by atoms with Crippen molar-refractivity contribution in [2.45, 2.75) is 32.7 Å². The largest absolute Gasteiger partial charge is 0.333 e. The van der Waals surface area contributed by atoms with Crippen LogP contribution >= 0.6 is 0 Å². The molecule has 1 saturated heterocycles. The monoisotopic (exact) mass is 327 g/mol. The van der Waals surface area contributed by atoms with E-state index in [1.54, 1.807) is 17.3 Å². The molecule has 0 radical (unpaired) electrons. The fraction of sp³-hybridized carbons (Fsp3) is 0.438. The Morgan fingerprint density at radius 3 is 2.75 bits per heavy atom. The van der Waals surface area contributed by atoms with Gasteiger partial charge in [0.2, 0.25) is 11.9 Å². The first kappa shape index (κ1) is 16.3. The topological polar surface area (TPSA) is 110 Å². The first-order valence-electron chi connectivity index (χ1n) is 7.97. The molecule has 0 bridgehead atoms. The van der Waals surface area contributed by atoms with Crippen LogP contribution in [0.1, 0.15) is 36.0 Å². The highest BCUT2D eigenvalue weighted by Crippen LogP contribution is 2.30. The third kappa shape index (κ3) is 3.48. The van der Waals surface area contributed by atoms with Crippen molar-refractivity contribution in [1.82, 2.24) is 24.8 Å². The molecular weight excluding hydrogens is 306 g/mol. The Kier molecular flexibility index (Phi) is 4.66. The first-order chi connectivity index (χ1) is 11.6. The van der Waals surface area contributed by atoms with Gasteiger partial charge in [-0.3, -0.25) is 9.78 Å². The van der Waals surface area contributed by atoms with Crippen molar-refractivity contribution < 1.29 is 4.79 Å². The van der Waals surface area contributed by atoms with Crippen LogP contribution in [0.2, 0.25) is 0 Å². The lowest BCUT2D eigenvalue weighted by molar-refractivity contribution is -0.130. The maximum atomic E-state index is 12.0. The average molecular weight is 327 g/mol. The Labute approximate surface area is 140 Å². The van der Waals surface area contributed by atoms with Gasteiger partial charge in [0, 0.05) is 17.9 Å². The number of aryl methyl sites for hydroxylation is 2. The van der Waals surface area contributed by atoms with Crippen molar-refractivity contribution in [2.24, 2.45) is 5.73 Å². The summed E-state index contributed by atoms with van der Waals surface area (Å²) in [7, 11) is 0. The molecule has 0 aromatic carbocycles. The molecule has 0 spiro atoms. The Morgan fingerprint density at radius 2 is 2.04 bits per heavy atom. The molecule has 2 aromatic rings. The predicted octanol–water partition coefficient (Wildman–Crippen LogP) is 1.25. The Balaban J connectivity index is 1.82. The summed E-state index contributed by atoms with van der Waals surface area (Å²) in [4.78, 5) is 31.3. The molecule has 0 aliphatic carbocycles. The van der Waals surface area contributed by atoms with Crippen molar-refractivity contribution >= 4 is 17.7 Å². The third-order valence-electron chi connectivity index (χ3n) is 3.96. The van der Waals surface area contributed by atoms with E-state index in [-0.39, 0.29) is 18.5 Å². The zero-order valence-corrected chi connectivity index (χ0v) is 13.9. The first-order valence-corrected chi connectivity index (χ1v) is 7.97. The summed E-state index contributed by atoms with van der Waals surface area (Å²) in [5.41, 5.74) is 8.01. The molecule has 0 saturated carbocycles. The van der Waals surface area contributed by atoms with Crippen molar-refractivity contribution in [1.29, 1.82) is 0 Å². The number of anilines is 2. The molecule has 1 fully saturated rings. The highest BCUT2D eigenvalue weighted by Gasteiger charge is 2.30. The van der Waals surface area contributed by atoms with Gasteiger partial charge in [0.25, 0.3) is 0 Å². The molecule has 3 rings (SSSR count). The summed E-state index contributed by atoms with van der Waals surface area (Å²) in [6, 6.07) is 1.83. The van der Waals surface area contributed by atoms with Crippen LogP contribution in [0.25, 0.3) is 0 Å². The van der Waals surface area contributed by atoms with Crippen molar-refractivity contribution in [3.63, 3.8) is 0 Å². The van der Waals surface area contributed by atoms with E-state index in [2.05, 4.69) is 25.3 Å². The second-order valence-corrected chi connectivity index (χ2v) is 5.88. The van der Waals surface area contributed by atoms with Gasteiger partial charge >= 0.3 is 0 Å². The number of amides is 1. The molecule has 0 unspecified atom stereocenters. The minimum Gasteiger partial charge on any atom is -0.333 e. The van der Waals surface area contributed by atoms with Crippen LogP contribution in [-0.2, 0) is 4.79 Å². The summed E-state index contributed by atoms with van der Waals surface area (Å²) in [5, 5.41) is 3.08. The SMILES string of the molecule is Cc1cc(C)nc(Nc2cncc([C@@H]3CCCN3C(=O)CN)n2)n1. The molecule has 2 aromatic heterocycles. The molecule has 1 atom stereocenters. The van der Waals surface area contributed by atoms with E-state index in [0.29, 0.717) is 18.3 Å². The lowest BCUT2D eigenvalue weighted by atomic mass is 10.1. The van der Waals surface area contributed by atoms with Crippen LogP contribution in [0, 0.1) is 13.8 Å². The smallest absolute Gasteiger partial charge is 0.236 e. The summed E-state index contributed by atoms with van der Waals surface area (Å²) in [5.74, 6) is 0.986. The zero-order valence-electron chi connectivity index (χ0n) is 13.9. The number of nitrogens with one attached hydrogen (secondary N) is 1. The summed E-state index contributed by atoms with van der Waals surface area (Å²) in [6.45, 7) is 4.55. The van der Waals surface area contributed by atoms with Crippen molar-refractivity contribution in [3.05, 3.63) is 35.5 Å². The summed E-state index contributed by atoms with van der Waals surface area (Å²) in [6.07, 6.45) is 5.12. The highest BCUT2D eigenvalue weighted by molar-refractivity contribution is 5.78. The van der Waals surface area contributed by atoms with Crippen molar-refractivity contribution in [2.75, 3.05) is 18.4 Å². The van der Waals surface area contributed by atoms with E-state index in [1.165, 1.54) is 0 Å². The van der Waals surface area contributed by atoms with Gasteiger partial charge in [0.05, 0.1) is 30.7 Å². The number of nitrogens with two attached hydrogens (primary N) is 1. The second-order valence-electron chi connectivity index (χ2n) is 5.88. The van der Waals surface area contributed by atoms with Gasteiger partial charge in [-0.1, -0.05) is 0 Å². The minimum atomic E-state index is -0.0736. The van der Waals surface area contributed by atoms with Gasteiger partial charge in [-0.15, -0.1) is 0 Å².